The van der Waals surface area contributed by atoms with E-state index in [4.69, 9.17) is 9.72 Å². The number of carbonyl (C=O) groups excluding carboxylic acids is 1. The molecule has 1 aliphatic rings. The molecule has 0 unspecified atom stereocenters. The fourth-order valence-corrected chi connectivity index (χ4v) is 6.43. The van der Waals surface area contributed by atoms with Gasteiger partial charge in [-0.2, -0.15) is 0 Å². The highest BCUT2D eigenvalue weighted by Gasteiger charge is 2.23. The Labute approximate surface area is 204 Å². The molecular weight excluding hydrogens is 471 g/mol. The van der Waals surface area contributed by atoms with Crippen LogP contribution >= 0.6 is 23.1 Å². The Morgan fingerprint density at radius 3 is 2.59 bits per heavy atom. The number of benzene rings is 2. The van der Waals surface area contributed by atoms with Crippen LogP contribution in [0.2, 0.25) is 0 Å². The number of aromatic nitrogens is 2. The molecule has 0 atom stereocenters. The SMILES string of the molecule is CCOc1ccc(-n2c(SCC(=O)c3ccc(F)cc3)nc3sc4c(c3c2=O)CCCC4)cc1. The van der Waals surface area contributed by atoms with Gasteiger partial charge in [-0.3, -0.25) is 14.2 Å². The van der Waals surface area contributed by atoms with Crippen LogP contribution in [0.25, 0.3) is 15.9 Å². The Hall–Kier alpha value is -2.97. The van der Waals surface area contributed by atoms with Crippen LogP contribution in [-0.2, 0) is 12.8 Å². The standard InChI is InChI=1S/C26H23FN2O3S2/c1-2-32-19-13-11-18(12-14-19)29-25(31)23-20-5-3-4-6-22(20)34-24(23)28-26(29)33-15-21(30)16-7-9-17(27)10-8-16/h7-14H,2-6,15H2,1H3. The topological polar surface area (TPSA) is 61.2 Å². The number of hydrogen-bond donors (Lipinski definition) is 0. The molecule has 34 heavy (non-hydrogen) atoms. The van der Waals surface area contributed by atoms with E-state index in [1.165, 1.54) is 40.9 Å². The zero-order valence-electron chi connectivity index (χ0n) is 18.7. The summed E-state index contributed by atoms with van der Waals surface area (Å²) < 4.78 is 20.4. The smallest absolute Gasteiger partial charge is 0.267 e. The van der Waals surface area contributed by atoms with Crippen molar-refractivity contribution in [3.05, 3.63) is 80.7 Å². The number of aryl methyl sites for hydroxylation is 2. The van der Waals surface area contributed by atoms with Gasteiger partial charge in [0.2, 0.25) is 0 Å². The first kappa shape index (κ1) is 22.8. The van der Waals surface area contributed by atoms with E-state index in [1.54, 1.807) is 15.9 Å². The molecule has 5 nitrogen and oxygen atoms in total. The molecule has 0 spiro atoms. The molecular formula is C26H23FN2O3S2. The largest absolute Gasteiger partial charge is 0.494 e. The average Bonchev–Trinajstić information content (AvgIpc) is 3.22. The summed E-state index contributed by atoms with van der Waals surface area (Å²) in [5.41, 5.74) is 2.12. The van der Waals surface area contributed by atoms with E-state index in [1.807, 2.05) is 31.2 Å². The third-order valence-electron chi connectivity index (χ3n) is 5.86. The van der Waals surface area contributed by atoms with Crippen molar-refractivity contribution in [2.45, 2.75) is 37.8 Å². The van der Waals surface area contributed by atoms with E-state index >= 15 is 0 Å². The van der Waals surface area contributed by atoms with Gasteiger partial charge in [0, 0.05) is 10.4 Å². The van der Waals surface area contributed by atoms with Crippen molar-refractivity contribution in [3.8, 4) is 11.4 Å². The van der Waals surface area contributed by atoms with Crippen LogP contribution in [0.1, 0.15) is 40.6 Å². The number of hydrogen-bond acceptors (Lipinski definition) is 6. The summed E-state index contributed by atoms with van der Waals surface area (Å²) in [4.78, 5) is 33.4. The number of thiophene rings is 1. The van der Waals surface area contributed by atoms with Crippen molar-refractivity contribution >= 4 is 39.1 Å². The molecule has 2 aromatic carbocycles. The first-order chi connectivity index (χ1) is 16.5. The second-order valence-corrected chi connectivity index (χ2v) is 10.1. The molecule has 8 heteroatoms. The highest BCUT2D eigenvalue weighted by Crippen LogP contribution is 2.35. The summed E-state index contributed by atoms with van der Waals surface area (Å²) in [6.07, 6.45) is 4.07. The number of Topliss-reactive ketones (excluding diaryl/α,β-unsaturated/α-hetero) is 1. The number of halogens is 1. The van der Waals surface area contributed by atoms with Gasteiger partial charge in [-0.1, -0.05) is 11.8 Å². The third-order valence-corrected chi connectivity index (χ3v) is 7.99. The van der Waals surface area contributed by atoms with E-state index in [0.717, 1.165) is 41.8 Å². The van der Waals surface area contributed by atoms with Gasteiger partial charge in [0.05, 0.1) is 23.4 Å². The minimum Gasteiger partial charge on any atom is -0.494 e. The summed E-state index contributed by atoms with van der Waals surface area (Å²) in [5.74, 6) is 0.276. The van der Waals surface area contributed by atoms with E-state index < -0.39 is 0 Å². The predicted octanol–water partition coefficient (Wildman–Crippen LogP) is 5.84. The van der Waals surface area contributed by atoms with Gasteiger partial charge in [0.15, 0.2) is 10.9 Å². The summed E-state index contributed by atoms with van der Waals surface area (Å²) in [7, 11) is 0. The van der Waals surface area contributed by atoms with Crippen LogP contribution in [0.5, 0.6) is 5.75 Å². The van der Waals surface area contributed by atoms with Crippen LogP contribution in [0.15, 0.2) is 58.5 Å². The summed E-state index contributed by atoms with van der Waals surface area (Å²) >= 11 is 2.81. The van der Waals surface area contributed by atoms with Crippen LogP contribution in [0, 0.1) is 5.82 Å². The molecule has 0 saturated heterocycles. The molecule has 0 fully saturated rings. The van der Waals surface area contributed by atoms with Crippen LogP contribution in [-0.4, -0.2) is 27.7 Å². The number of nitrogens with zero attached hydrogens (tertiary/aromatic N) is 2. The van der Waals surface area contributed by atoms with E-state index in [-0.39, 0.29) is 22.9 Å². The van der Waals surface area contributed by atoms with Crippen molar-refractivity contribution in [2.24, 2.45) is 0 Å². The van der Waals surface area contributed by atoms with Crippen molar-refractivity contribution in [3.63, 3.8) is 0 Å². The average molecular weight is 495 g/mol. The number of ketones is 1. The normalized spacial score (nSPS) is 13.1. The number of fused-ring (bicyclic) bond motifs is 3. The number of thioether (sulfide) groups is 1. The van der Waals surface area contributed by atoms with Gasteiger partial charge in [-0.15, -0.1) is 11.3 Å². The summed E-state index contributed by atoms with van der Waals surface area (Å²) in [6.45, 7) is 2.48. The number of carbonyl (C=O) groups is 1. The van der Waals surface area contributed by atoms with Gasteiger partial charge < -0.3 is 4.74 Å². The van der Waals surface area contributed by atoms with Crippen LogP contribution < -0.4 is 10.3 Å². The Morgan fingerprint density at radius 2 is 1.85 bits per heavy atom. The molecule has 2 aromatic heterocycles. The monoisotopic (exact) mass is 494 g/mol. The lowest BCUT2D eigenvalue weighted by Crippen LogP contribution is -2.22. The fourth-order valence-electron chi connectivity index (χ4n) is 4.22. The summed E-state index contributed by atoms with van der Waals surface area (Å²) in [5, 5.41) is 1.17. The molecule has 0 N–H and O–H groups in total. The second kappa shape index (κ2) is 9.72. The Balaban J connectivity index is 1.57. The minimum atomic E-state index is -0.387. The van der Waals surface area contributed by atoms with Gasteiger partial charge in [0.25, 0.3) is 5.56 Å². The van der Waals surface area contributed by atoms with E-state index in [0.29, 0.717) is 28.4 Å². The van der Waals surface area contributed by atoms with Crippen molar-refractivity contribution in [1.82, 2.24) is 9.55 Å². The van der Waals surface area contributed by atoms with Gasteiger partial charge in [-0.05, 0) is 86.7 Å². The maximum absolute atomic E-state index is 13.8. The first-order valence-corrected chi connectivity index (χ1v) is 13.1. The molecule has 4 aromatic rings. The number of ether oxygens (including phenoxy) is 1. The Bertz CT molecular complexity index is 1410. The highest BCUT2D eigenvalue weighted by molar-refractivity contribution is 7.99. The zero-order valence-corrected chi connectivity index (χ0v) is 20.3. The van der Waals surface area contributed by atoms with Gasteiger partial charge in [0.1, 0.15) is 16.4 Å². The quantitative estimate of drug-likeness (QED) is 0.184. The lowest BCUT2D eigenvalue weighted by molar-refractivity contribution is 0.102. The minimum absolute atomic E-state index is 0.0890. The maximum Gasteiger partial charge on any atom is 0.267 e. The molecule has 2 heterocycles. The van der Waals surface area contributed by atoms with Gasteiger partial charge in [-0.25, -0.2) is 9.37 Å². The van der Waals surface area contributed by atoms with Crippen molar-refractivity contribution < 1.29 is 13.9 Å². The number of rotatable bonds is 7. The molecule has 0 amide bonds. The molecule has 0 radical (unpaired) electrons. The Kier molecular flexibility index (Phi) is 6.52. The molecule has 174 valence electrons. The molecule has 0 aliphatic heterocycles. The lowest BCUT2D eigenvalue weighted by atomic mass is 9.97. The highest BCUT2D eigenvalue weighted by atomic mass is 32.2. The Morgan fingerprint density at radius 1 is 1.12 bits per heavy atom. The van der Waals surface area contributed by atoms with Crippen LogP contribution in [0.4, 0.5) is 4.39 Å². The maximum atomic E-state index is 13.8. The van der Waals surface area contributed by atoms with Crippen molar-refractivity contribution in [1.29, 1.82) is 0 Å². The third kappa shape index (κ3) is 4.40. The van der Waals surface area contributed by atoms with Crippen molar-refractivity contribution in [2.75, 3.05) is 12.4 Å². The first-order valence-electron chi connectivity index (χ1n) is 11.3. The molecule has 0 bridgehead atoms. The second-order valence-electron chi connectivity index (χ2n) is 8.07. The lowest BCUT2D eigenvalue weighted by Gasteiger charge is -2.14. The predicted molar refractivity (Wildman–Crippen MR) is 134 cm³/mol. The zero-order chi connectivity index (χ0) is 23.7. The van der Waals surface area contributed by atoms with E-state index in [2.05, 4.69) is 0 Å². The summed E-state index contributed by atoms with van der Waals surface area (Å²) in [6, 6.07) is 12.8. The molecule has 5 rings (SSSR count). The van der Waals surface area contributed by atoms with Gasteiger partial charge >= 0.3 is 0 Å². The molecule has 1 aliphatic carbocycles. The van der Waals surface area contributed by atoms with Crippen LogP contribution in [0.3, 0.4) is 0 Å². The fraction of sp³-hybridized carbons (Fsp3) is 0.269. The van der Waals surface area contributed by atoms with E-state index in [9.17, 15) is 14.0 Å². The molecule has 0 saturated carbocycles.